The molecule has 6 nitrogen and oxygen atoms in total. The molecule has 0 bridgehead atoms. The van der Waals surface area contributed by atoms with Crippen LogP contribution in [0.1, 0.15) is 48.2 Å². The Morgan fingerprint density at radius 3 is 2.85 bits per heavy atom. The number of aromatic nitrogens is 3. The van der Waals surface area contributed by atoms with Gasteiger partial charge in [-0.05, 0) is 34.3 Å². The zero-order chi connectivity index (χ0) is 18.7. The molecule has 3 N–H and O–H groups in total. The Morgan fingerprint density at radius 1 is 1.50 bits per heavy atom. The summed E-state index contributed by atoms with van der Waals surface area (Å²) in [6.07, 6.45) is 7.32. The van der Waals surface area contributed by atoms with Crippen molar-refractivity contribution in [3.8, 4) is 11.3 Å². The van der Waals surface area contributed by atoms with Crippen molar-refractivity contribution >= 4 is 44.8 Å². The highest BCUT2D eigenvalue weighted by Gasteiger charge is 2.23. The highest BCUT2D eigenvalue weighted by molar-refractivity contribution is 9.10. The van der Waals surface area contributed by atoms with Crippen molar-refractivity contribution < 1.29 is 4.79 Å². The van der Waals surface area contributed by atoms with Gasteiger partial charge in [-0.25, -0.2) is 4.68 Å². The number of carbonyl (C=O) groups is 1. The van der Waals surface area contributed by atoms with Crippen LogP contribution < -0.4 is 11.1 Å². The molecule has 1 fully saturated rings. The molecule has 2 heterocycles. The Hall–Kier alpha value is -0.960. The van der Waals surface area contributed by atoms with Gasteiger partial charge < -0.3 is 11.1 Å². The molecule has 1 aliphatic carbocycles. The summed E-state index contributed by atoms with van der Waals surface area (Å²) < 4.78 is 2.77. The van der Waals surface area contributed by atoms with Crippen LogP contribution in [0.4, 0.5) is 0 Å². The van der Waals surface area contributed by atoms with Crippen molar-refractivity contribution in [2.45, 2.75) is 44.6 Å². The molecule has 1 amide bonds. The van der Waals surface area contributed by atoms with Gasteiger partial charge in [0, 0.05) is 25.2 Å². The maximum Gasteiger partial charge on any atom is 0.261 e. The first-order valence-corrected chi connectivity index (χ1v) is 10.8. The molecule has 2 aromatic rings. The summed E-state index contributed by atoms with van der Waals surface area (Å²) in [5, 5.41) is 11.0. The monoisotopic (exact) mass is 459 g/mol. The maximum absolute atomic E-state index is 12.7. The van der Waals surface area contributed by atoms with Gasteiger partial charge in [0.25, 0.3) is 5.91 Å². The third-order valence-corrected chi connectivity index (χ3v) is 6.81. The summed E-state index contributed by atoms with van der Waals surface area (Å²) in [7, 11) is 1.79. The van der Waals surface area contributed by atoms with E-state index in [1.165, 1.54) is 43.4 Å². The second kappa shape index (κ2) is 8.82. The van der Waals surface area contributed by atoms with Crippen LogP contribution in [-0.4, -0.2) is 33.5 Å². The van der Waals surface area contributed by atoms with Crippen molar-refractivity contribution in [3.63, 3.8) is 0 Å². The Morgan fingerprint density at radius 2 is 2.23 bits per heavy atom. The number of carbonyl (C=O) groups excluding carboxylic acids is 1. The van der Waals surface area contributed by atoms with Crippen molar-refractivity contribution in [2.75, 3.05) is 6.54 Å². The summed E-state index contributed by atoms with van der Waals surface area (Å²) in [4.78, 5) is 13.3. The Kier molecular flexibility index (Phi) is 6.71. The van der Waals surface area contributed by atoms with Crippen molar-refractivity contribution in [2.24, 2.45) is 18.7 Å². The van der Waals surface area contributed by atoms with E-state index in [2.05, 4.69) is 31.6 Å². The Bertz CT molecular complexity index is 752. The van der Waals surface area contributed by atoms with Crippen LogP contribution in [0.2, 0.25) is 4.34 Å². The number of halogens is 2. The first kappa shape index (κ1) is 19.8. The largest absolute Gasteiger partial charge is 0.347 e. The smallest absolute Gasteiger partial charge is 0.261 e. The molecule has 3 rings (SSSR count). The fourth-order valence-electron chi connectivity index (χ4n) is 3.56. The van der Waals surface area contributed by atoms with Gasteiger partial charge in [0.15, 0.2) is 4.60 Å². The zero-order valence-electron chi connectivity index (χ0n) is 14.7. The molecule has 1 atom stereocenters. The van der Waals surface area contributed by atoms with Gasteiger partial charge in [-0.1, -0.05) is 48.9 Å². The number of nitrogens with two attached hydrogens (primary N) is 1. The van der Waals surface area contributed by atoms with Crippen molar-refractivity contribution in [1.29, 1.82) is 0 Å². The van der Waals surface area contributed by atoms with E-state index in [1.54, 1.807) is 17.8 Å². The van der Waals surface area contributed by atoms with E-state index in [0.717, 1.165) is 17.7 Å². The van der Waals surface area contributed by atoms with E-state index in [0.29, 0.717) is 26.3 Å². The van der Waals surface area contributed by atoms with E-state index in [9.17, 15) is 4.79 Å². The molecule has 0 spiro atoms. The molecule has 0 unspecified atom stereocenters. The molecule has 0 aliphatic heterocycles. The van der Waals surface area contributed by atoms with Crippen LogP contribution in [0.15, 0.2) is 10.7 Å². The van der Waals surface area contributed by atoms with Crippen LogP contribution in [-0.2, 0) is 7.05 Å². The van der Waals surface area contributed by atoms with Gasteiger partial charge in [0.05, 0.1) is 4.88 Å². The summed E-state index contributed by atoms with van der Waals surface area (Å²) in [5.41, 5.74) is 7.41. The quantitative estimate of drug-likeness (QED) is 0.682. The summed E-state index contributed by atoms with van der Waals surface area (Å²) >= 11 is 11.0. The highest BCUT2D eigenvalue weighted by Crippen LogP contribution is 2.38. The number of nitrogens with zero attached hydrogens (tertiary/aromatic N) is 3. The van der Waals surface area contributed by atoms with E-state index in [1.807, 2.05) is 0 Å². The van der Waals surface area contributed by atoms with Gasteiger partial charge in [-0.3, -0.25) is 4.79 Å². The normalized spacial score (nSPS) is 16.6. The summed E-state index contributed by atoms with van der Waals surface area (Å²) in [6.45, 7) is 0.450. The van der Waals surface area contributed by atoms with E-state index < -0.39 is 0 Å². The summed E-state index contributed by atoms with van der Waals surface area (Å²) in [6, 6.07) is 1.79. The second-order valence-corrected chi connectivity index (χ2v) is 9.20. The van der Waals surface area contributed by atoms with Gasteiger partial charge in [0.2, 0.25) is 0 Å². The summed E-state index contributed by atoms with van der Waals surface area (Å²) in [5.74, 6) is 0.539. The lowest BCUT2D eigenvalue weighted by Gasteiger charge is -2.26. The number of thiophene rings is 1. The lowest BCUT2D eigenvalue weighted by molar-refractivity contribution is 0.0934. The third kappa shape index (κ3) is 4.47. The predicted octanol–water partition coefficient (Wildman–Crippen LogP) is 3.99. The number of hydrogen-bond acceptors (Lipinski definition) is 5. The molecule has 0 saturated heterocycles. The van der Waals surface area contributed by atoms with E-state index in [4.69, 9.17) is 17.3 Å². The van der Waals surface area contributed by atoms with Crippen LogP contribution in [0.25, 0.3) is 11.3 Å². The number of rotatable bonds is 6. The Labute approximate surface area is 170 Å². The van der Waals surface area contributed by atoms with E-state index in [-0.39, 0.29) is 11.9 Å². The molecule has 0 aromatic carbocycles. The van der Waals surface area contributed by atoms with Gasteiger partial charge in [0.1, 0.15) is 10.0 Å². The lowest BCUT2D eigenvalue weighted by atomic mass is 9.85. The fourth-order valence-corrected chi connectivity index (χ4v) is 5.28. The average molecular weight is 461 g/mol. The van der Waals surface area contributed by atoms with Crippen LogP contribution >= 0.6 is 38.9 Å². The average Bonchev–Trinajstić information content (AvgIpc) is 3.17. The standard InChI is InChI=1S/C17H23BrClN5OS/c1-24-14(15(18)22-23-24)12-8-13(26-16(12)19)17(25)21-11(9-20)7-10-5-3-2-4-6-10/h8,10-11H,2-7,9,20H2,1H3,(H,21,25)/t11-/m0/s1. The first-order chi connectivity index (χ1) is 12.5. The van der Waals surface area contributed by atoms with Gasteiger partial charge in [-0.15, -0.1) is 16.4 Å². The van der Waals surface area contributed by atoms with Crippen molar-refractivity contribution in [3.05, 3.63) is 19.9 Å². The molecular formula is C17H23BrClN5OS. The molecule has 0 radical (unpaired) electrons. The maximum atomic E-state index is 12.7. The first-order valence-electron chi connectivity index (χ1n) is 8.85. The van der Waals surface area contributed by atoms with Crippen molar-refractivity contribution in [1.82, 2.24) is 20.3 Å². The molecule has 142 valence electrons. The molecular weight excluding hydrogens is 438 g/mol. The molecule has 26 heavy (non-hydrogen) atoms. The fraction of sp³-hybridized carbons (Fsp3) is 0.588. The molecule has 9 heteroatoms. The predicted molar refractivity (Wildman–Crippen MR) is 109 cm³/mol. The van der Waals surface area contributed by atoms with Crippen LogP contribution in [0, 0.1) is 5.92 Å². The minimum absolute atomic E-state index is 0.0000290. The minimum atomic E-state index is -0.124. The number of nitrogens with one attached hydrogen (secondary N) is 1. The Balaban J connectivity index is 1.70. The van der Waals surface area contributed by atoms with Gasteiger partial charge in [-0.2, -0.15) is 0 Å². The second-order valence-electron chi connectivity index (χ2n) is 6.80. The lowest BCUT2D eigenvalue weighted by Crippen LogP contribution is -2.41. The number of aryl methyl sites for hydroxylation is 1. The molecule has 1 aliphatic rings. The van der Waals surface area contributed by atoms with Crippen LogP contribution in [0.3, 0.4) is 0 Å². The van der Waals surface area contributed by atoms with E-state index >= 15 is 0 Å². The topological polar surface area (TPSA) is 85.8 Å². The third-order valence-electron chi connectivity index (χ3n) is 4.91. The zero-order valence-corrected chi connectivity index (χ0v) is 17.8. The highest BCUT2D eigenvalue weighted by atomic mass is 79.9. The SMILES string of the molecule is Cn1nnc(Br)c1-c1cc(C(=O)N[C@H](CN)CC2CCCCC2)sc1Cl. The number of amides is 1. The molecule has 1 saturated carbocycles. The minimum Gasteiger partial charge on any atom is -0.347 e. The molecule has 2 aromatic heterocycles. The number of hydrogen-bond donors (Lipinski definition) is 2. The van der Waals surface area contributed by atoms with Gasteiger partial charge >= 0.3 is 0 Å². The van der Waals surface area contributed by atoms with Crippen LogP contribution in [0.5, 0.6) is 0 Å².